The average molecular weight is 353 g/mol. The molecule has 0 radical (unpaired) electrons. The van der Waals surface area contributed by atoms with Gasteiger partial charge in [0.25, 0.3) is 5.56 Å². The second kappa shape index (κ2) is 5.87. The van der Waals surface area contributed by atoms with Crippen LogP contribution in [0.25, 0.3) is 0 Å². The van der Waals surface area contributed by atoms with Crippen molar-refractivity contribution in [3.05, 3.63) is 49.0 Å². The summed E-state index contributed by atoms with van der Waals surface area (Å²) in [5.41, 5.74) is -0.538. The number of pyridine rings is 1. The van der Waals surface area contributed by atoms with E-state index in [-0.39, 0.29) is 9.92 Å². The zero-order valence-corrected chi connectivity index (χ0v) is 13.3. The molecule has 2 N–H and O–H groups in total. The zero-order chi connectivity index (χ0) is 14.9. The molecule has 9 heteroatoms. The minimum atomic E-state index is -3.78. The Labute approximate surface area is 129 Å². The Balaban J connectivity index is 2.26. The molecule has 0 aliphatic carbocycles. The highest BCUT2D eigenvalue weighted by molar-refractivity contribution is 7.89. The van der Waals surface area contributed by atoms with E-state index in [2.05, 4.69) is 9.71 Å². The number of sulfonamides is 1. The summed E-state index contributed by atoms with van der Waals surface area (Å²) in [6.07, 6.45) is 1.10. The maximum absolute atomic E-state index is 12.2. The number of H-pyrrole nitrogens is 1. The van der Waals surface area contributed by atoms with E-state index in [0.29, 0.717) is 4.34 Å². The fourth-order valence-corrected chi connectivity index (χ4v) is 4.10. The van der Waals surface area contributed by atoms with Gasteiger partial charge in [-0.3, -0.25) is 4.79 Å². The molecule has 2 aromatic heterocycles. The van der Waals surface area contributed by atoms with Crippen LogP contribution in [0.1, 0.15) is 17.8 Å². The van der Waals surface area contributed by atoms with E-state index in [1.807, 2.05) is 0 Å². The number of aromatic nitrogens is 1. The predicted octanol–water partition coefficient (Wildman–Crippen LogP) is 2.78. The quantitative estimate of drug-likeness (QED) is 0.887. The molecule has 0 saturated carbocycles. The van der Waals surface area contributed by atoms with Gasteiger partial charge in [-0.15, -0.1) is 11.3 Å². The van der Waals surface area contributed by atoms with Crippen LogP contribution in [0.2, 0.25) is 9.36 Å². The molecule has 5 nitrogen and oxygen atoms in total. The highest BCUT2D eigenvalue weighted by Gasteiger charge is 2.20. The Morgan fingerprint density at radius 2 is 2.05 bits per heavy atom. The monoisotopic (exact) mass is 352 g/mol. The Hall–Kier alpha value is -0.860. The molecule has 2 heterocycles. The lowest BCUT2D eigenvalue weighted by molar-refractivity contribution is 0.568. The van der Waals surface area contributed by atoms with Crippen molar-refractivity contribution in [1.82, 2.24) is 9.71 Å². The molecule has 0 aliphatic heterocycles. The van der Waals surface area contributed by atoms with Crippen LogP contribution in [0.15, 0.2) is 34.1 Å². The van der Waals surface area contributed by atoms with Crippen LogP contribution in [0.3, 0.4) is 0 Å². The lowest BCUT2D eigenvalue weighted by Gasteiger charge is -2.12. The third-order valence-corrected chi connectivity index (χ3v) is 5.71. The SMILES string of the molecule is CC(NS(=O)(=O)c1c[nH]c(=O)c(Cl)c1)c1ccc(Cl)s1. The summed E-state index contributed by atoms with van der Waals surface area (Å²) >= 11 is 12.7. The third-order valence-electron chi connectivity index (χ3n) is 2.49. The van der Waals surface area contributed by atoms with Crippen molar-refractivity contribution in [3.63, 3.8) is 0 Å². The maximum Gasteiger partial charge on any atom is 0.266 e. The summed E-state index contributed by atoms with van der Waals surface area (Å²) in [5, 5.41) is -0.181. The second-order valence-corrected chi connectivity index (χ2v) is 7.87. The smallest absolute Gasteiger partial charge is 0.266 e. The van der Waals surface area contributed by atoms with Gasteiger partial charge in [0.1, 0.15) is 5.02 Å². The van der Waals surface area contributed by atoms with Gasteiger partial charge in [-0.05, 0) is 25.1 Å². The molecule has 0 amide bonds. The lowest BCUT2D eigenvalue weighted by Crippen LogP contribution is -2.27. The molecular formula is C11H10Cl2N2O3S2. The first-order valence-electron chi connectivity index (χ1n) is 5.45. The number of halogens is 2. The number of hydrogen-bond donors (Lipinski definition) is 2. The number of aromatic amines is 1. The molecule has 1 atom stereocenters. The van der Waals surface area contributed by atoms with Gasteiger partial charge in [-0.2, -0.15) is 0 Å². The molecule has 0 aromatic carbocycles. The van der Waals surface area contributed by atoms with Crippen molar-refractivity contribution in [2.75, 3.05) is 0 Å². The number of hydrogen-bond acceptors (Lipinski definition) is 4. The van der Waals surface area contributed by atoms with Crippen LogP contribution >= 0.6 is 34.5 Å². The summed E-state index contributed by atoms with van der Waals surface area (Å²) in [7, 11) is -3.78. The van der Waals surface area contributed by atoms with Gasteiger partial charge >= 0.3 is 0 Å². The number of rotatable bonds is 4. The lowest BCUT2D eigenvalue weighted by atomic mass is 10.3. The predicted molar refractivity (Wildman–Crippen MR) is 80.1 cm³/mol. The molecule has 2 rings (SSSR count). The van der Waals surface area contributed by atoms with Gasteiger partial charge < -0.3 is 4.98 Å². The van der Waals surface area contributed by atoms with Crippen LogP contribution in [0.5, 0.6) is 0 Å². The highest BCUT2D eigenvalue weighted by atomic mass is 35.5. The first kappa shape index (κ1) is 15.5. The molecule has 2 aromatic rings. The standard InChI is InChI=1S/C11H10Cl2N2O3S2/c1-6(9-2-3-10(13)19-9)15-20(17,18)7-4-8(12)11(16)14-5-7/h2-6,15H,1H3,(H,14,16). The van der Waals surface area contributed by atoms with E-state index in [9.17, 15) is 13.2 Å². The van der Waals surface area contributed by atoms with Crippen molar-refractivity contribution < 1.29 is 8.42 Å². The van der Waals surface area contributed by atoms with Crippen molar-refractivity contribution >= 4 is 44.6 Å². The second-order valence-electron chi connectivity index (χ2n) is 4.00. The van der Waals surface area contributed by atoms with E-state index in [1.54, 1.807) is 19.1 Å². The van der Waals surface area contributed by atoms with E-state index in [0.717, 1.165) is 17.1 Å². The van der Waals surface area contributed by atoms with E-state index < -0.39 is 21.6 Å². The normalized spacial score (nSPS) is 13.3. The topological polar surface area (TPSA) is 79.0 Å². The van der Waals surface area contributed by atoms with Gasteiger partial charge in [-0.1, -0.05) is 23.2 Å². The Kier molecular flexibility index (Phi) is 4.55. The van der Waals surface area contributed by atoms with Crippen LogP contribution in [-0.2, 0) is 10.0 Å². The van der Waals surface area contributed by atoms with E-state index in [1.165, 1.54) is 11.3 Å². The highest BCUT2D eigenvalue weighted by Crippen LogP contribution is 2.27. The van der Waals surface area contributed by atoms with E-state index >= 15 is 0 Å². The minimum absolute atomic E-state index is 0.100. The molecular weight excluding hydrogens is 343 g/mol. The van der Waals surface area contributed by atoms with Gasteiger partial charge in [-0.25, -0.2) is 13.1 Å². The molecule has 0 saturated heterocycles. The molecule has 0 bridgehead atoms. The van der Waals surface area contributed by atoms with Crippen molar-refractivity contribution in [2.24, 2.45) is 0 Å². The van der Waals surface area contributed by atoms with Crippen molar-refractivity contribution in [1.29, 1.82) is 0 Å². The fourth-order valence-electron chi connectivity index (χ4n) is 1.51. The first-order chi connectivity index (χ1) is 9.29. The van der Waals surface area contributed by atoms with Crippen LogP contribution in [0, 0.1) is 0 Å². The maximum atomic E-state index is 12.2. The zero-order valence-electron chi connectivity index (χ0n) is 10.2. The molecule has 108 valence electrons. The van der Waals surface area contributed by atoms with E-state index in [4.69, 9.17) is 23.2 Å². The molecule has 0 spiro atoms. The molecule has 0 fully saturated rings. The Morgan fingerprint density at radius 1 is 1.35 bits per heavy atom. The fraction of sp³-hybridized carbons (Fsp3) is 0.182. The average Bonchev–Trinajstić information content (AvgIpc) is 2.79. The first-order valence-corrected chi connectivity index (χ1v) is 8.51. The molecule has 1 unspecified atom stereocenters. The summed E-state index contributed by atoms with van der Waals surface area (Å²) in [6, 6.07) is 4.11. The van der Waals surface area contributed by atoms with Gasteiger partial charge in [0.2, 0.25) is 10.0 Å². The van der Waals surface area contributed by atoms with Gasteiger partial charge in [0, 0.05) is 11.1 Å². The Bertz CT molecular complexity index is 783. The Morgan fingerprint density at radius 3 is 2.60 bits per heavy atom. The summed E-state index contributed by atoms with van der Waals surface area (Å²) in [4.78, 5) is 14.1. The van der Waals surface area contributed by atoms with Gasteiger partial charge in [0.15, 0.2) is 0 Å². The number of nitrogens with one attached hydrogen (secondary N) is 2. The van der Waals surface area contributed by atoms with Crippen LogP contribution < -0.4 is 10.3 Å². The van der Waals surface area contributed by atoms with Gasteiger partial charge in [0.05, 0.1) is 15.3 Å². The van der Waals surface area contributed by atoms with Crippen LogP contribution in [-0.4, -0.2) is 13.4 Å². The third kappa shape index (κ3) is 3.42. The molecule has 20 heavy (non-hydrogen) atoms. The number of thiophene rings is 1. The van der Waals surface area contributed by atoms with Crippen molar-refractivity contribution in [2.45, 2.75) is 17.9 Å². The summed E-state index contributed by atoms with van der Waals surface area (Å²) < 4.78 is 27.4. The van der Waals surface area contributed by atoms with Crippen molar-refractivity contribution in [3.8, 4) is 0 Å². The molecule has 0 aliphatic rings. The minimum Gasteiger partial charge on any atom is -0.326 e. The largest absolute Gasteiger partial charge is 0.326 e. The summed E-state index contributed by atoms with van der Waals surface area (Å²) in [6.45, 7) is 1.70. The summed E-state index contributed by atoms with van der Waals surface area (Å²) in [5.74, 6) is 0. The van der Waals surface area contributed by atoms with Crippen LogP contribution in [0.4, 0.5) is 0 Å².